The van der Waals surface area contributed by atoms with Gasteiger partial charge < -0.3 is 4.42 Å². The molecule has 0 aliphatic carbocycles. The molecule has 8 heteroatoms. The minimum absolute atomic E-state index is 0.0893. The molecular formula is C16H16ClN3O3S. The SMILES string of the molecule is CC1CCCCN1S(=O)(=O)c1oc(-c2ccc(Cl)cc2)nc1C#N. The molecule has 2 heterocycles. The van der Waals surface area contributed by atoms with Crippen molar-refractivity contribution in [3.8, 4) is 17.5 Å². The predicted octanol–water partition coefficient (Wildman–Crippen LogP) is 3.43. The lowest BCUT2D eigenvalue weighted by Crippen LogP contribution is -2.42. The van der Waals surface area contributed by atoms with E-state index in [0.717, 1.165) is 19.3 Å². The van der Waals surface area contributed by atoms with E-state index < -0.39 is 10.0 Å². The molecule has 1 aliphatic rings. The lowest BCUT2D eigenvalue weighted by molar-refractivity contribution is 0.262. The van der Waals surface area contributed by atoms with Crippen molar-refractivity contribution < 1.29 is 12.8 Å². The summed E-state index contributed by atoms with van der Waals surface area (Å²) in [6.07, 6.45) is 2.58. The number of halogens is 1. The molecule has 0 bridgehead atoms. The number of nitriles is 1. The molecule has 2 aromatic rings. The maximum absolute atomic E-state index is 12.9. The van der Waals surface area contributed by atoms with Crippen LogP contribution >= 0.6 is 11.6 Å². The van der Waals surface area contributed by atoms with Crippen molar-refractivity contribution >= 4 is 21.6 Å². The number of hydrogen-bond acceptors (Lipinski definition) is 5. The topological polar surface area (TPSA) is 87.2 Å². The first-order chi connectivity index (χ1) is 11.4. The summed E-state index contributed by atoms with van der Waals surface area (Å²) in [6.45, 7) is 2.28. The zero-order valence-electron chi connectivity index (χ0n) is 13.1. The minimum atomic E-state index is -3.89. The van der Waals surface area contributed by atoms with Crippen molar-refractivity contribution in [3.63, 3.8) is 0 Å². The Morgan fingerprint density at radius 1 is 1.33 bits per heavy atom. The normalized spacial score (nSPS) is 19.1. The van der Waals surface area contributed by atoms with Crippen LogP contribution < -0.4 is 0 Å². The Morgan fingerprint density at radius 3 is 2.67 bits per heavy atom. The van der Waals surface area contributed by atoms with Gasteiger partial charge in [0.2, 0.25) is 5.89 Å². The van der Waals surface area contributed by atoms with Crippen LogP contribution in [0.3, 0.4) is 0 Å². The Kier molecular flexibility index (Phi) is 4.63. The van der Waals surface area contributed by atoms with Crippen LogP contribution in [0.25, 0.3) is 11.5 Å². The van der Waals surface area contributed by atoms with E-state index in [1.807, 2.05) is 13.0 Å². The van der Waals surface area contributed by atoms with Crippen molar-refractivity contribution in [1.29, 1.82) is 5.26 Å². The highest BCUT2D eigenvalue weighted by atomic mass is 35.5. The van der Waals surface area contributed by atoms with Crippen LogP contribution in [-0.2, 0) is 10.0 Å². The van der Waals surface area contributed by atoms with Gasteiger partial charge in [0.25, 0.3) is 15.1 Å². The smallest absolute Gasteiger partial charge is 0.279 e. The van der Waals surface area contributed by atoms with Crippen molar-refractivity contribution in [3.05, 3.63) is 35.0 Å². The number of aromatic nitrogens is 1. The molecule has 1 aromatic carbocycles. The molecule has 1 aliphatic heterocycles. The molecule has 3 rings (SSSR count). The van der Waals surface area contributed by atoms with Gasteiger partial charge in [0.05, 0.1) is 0 Å². The molecule has 1 unspecified atom stereocenters. The number of nitrogens with zero attached hydrogens (tertiary/aromatic N) is 3. The van der Waals surface area contributed by atoms with Crippen LogP contribution in [0.5, 0.6) is 0 Å². The molecule has 1 atom stereocenters. The van der Waals surface area contributed by atoms with Crippen LogP contribution in [0, 0.1) is 11.3 Å². The second-order valence-corrected chi connectivity index (χ2v) is 7.96. The standard InChI is InChI=1S/C16H16ClN3O3S/c1-11-4-2-3-9-20(11)24(21,22)16-14(10-18)19-15(23-16)12-5-7-13(17)8-6-12/h5-8,11H,2-4,9H2,1H3. The minimum Gasteiger partial charge on any atom is -0.422 e. The summed E-state index contributed by atoms with van der Waals surface area (Å²) >= 11 is 5.85. The summed E-state index contributed by atoms with van der Waals surface area (Å²) < 4.78 is 32.7. The maximum atomic E-state index is 12.9. The van der Waals surface area contributed by atoms with Gasteiger partial charge >= 0.3 is 0 Å². The first-order valence-corrected chi connectivity index (χ1v) is 9.44. The van der Waals surface area contributed by atoms with Crippen molar-refractivity contribution in [2.75, 3.05) is 6.54 Å². The first kappa shape index (κ1) is 17.0. The number of oxazole rings is 1. The second-order valence-electron chi connectivity index (χ2n) is 5.73. The average Bonchev–Trinajstić information content (AvgIpc) is 3.01. The van der Waals surface area contributed by atoms with Gasteiger partial charge in [0, 0.05) is 23.2 Å². The molecule has 0 amide bonds. The fraction of sp³-hybridized carbons (Fsp3) is 0.375. The van der Waals surface area contributed by atoms with Gasteiger partial charge in [-0.1, -0.05) is 18.0 Å². The van der Waals surface area contributed by atoms with Crippen LogP contribution in [0.2, 0.25) is 5.02 Å². The van der Waals surface area contributed by atoms with Crippen LogP contribution in [0.1, 0.15) is 31.9 Å². The highest BCUT2D eigenvalue weighted by Crippen LogP contribution is 2.30. The maximum Gasteiger partial charge on any atom is 0.279 e. The Morgan fingerprint density at radius 2 is 2.04 bits per heavy atom. The van der Waals surface area contributed by atoms with E-state index in [-0.39, 0.29) is 22.7 Å². The molecule has 6 nitrogen and oxygen atoms in total. The number of benzene rings is 1. The highest BCUT2D eigenvalue weighted by Gasteiger charge is 2.36. The van der Waals surface area contributed by atoms with Gasteiger partial charge in [-0.3, -0.25) is 0 Å². The Hall–Kier alpha value is -1.88. The first-order valence-electron chi connectivity index (χ1n) is 7.62. The number of hydrogen-bond donors (Lipinski definition) is 0. The summed E-state index contributed by atoms with van der Waals surface area (Å²) in [5.74, 6) is 0.0893. The molecule has 1 fully saturated rings. The van der Waals surface area contributed by atoms with E-state index in [4.69, 9.17) is 16.0 Å². The molecule has 24 heavy (non-hydrogen) atoms. The number of piperidine rings is 1. The zero-order valence-corrected chi connectivity index (χ0v) is 14.6. The fourth-order valence-electron chi connectivity index (χ4n) is 2.80. The third-order valence-electron chi connectivity index (χ3n) is 4.08. The van der Waals surface area contributed by atoms with E-state index >= 15 is 0 Å². The van der Waals surface area contributed by atoms with Gasteiger partial charge in [0.1, 0.15) is 6.07 Å². The summed E-state index contributed by atoms with van der Waals surface area (Å²) in [5.41, 5.74) is 0.335. The van der Waals surface area contributed by atoms with E-state index in [2.05, 4.69) is 4.98 Å². The quantitative estimate of drug-likeness (QED) is 0.831. The van der Waals surface area contributed by atoms with Gasteiger partial charge in [-0.25, -0.2) is 8.42 Å². The molecule has 126 valence electrons. The predicted molar refractivity (Wildman–Crippen MR) is 88.9 cm³/mol. The van der Waals surface area contributed by atoms with Crippen molar-refractivity contribution in [2.45, 2.75) is 37.3 Å². The zero-order chi connectivity index (χ0) is 17.3. The lowest BCUT2D eigenvalue weighted by Gasteiger charge is -2.31. The molecule has 1 saturated heterocycles. The summed E-state index contributed by atoms with van der Waals surface area (Å²) in [4.78, 5) is 4.04. The van der Waals surface area contributed by atoms with Crippen LogP contribution in [0.15, 0.2) is 33.8 Å². The number of sulfonamides is 1. The fourth-order valence-corrected chi connectivity index (χ4v) is 4.61. The van der Waals surface area contributed by atoms with Gasteiger partial charge in [-0.2, -0.15) is 14.6 Å². The Labute approximate surface area is 145 Å². The van der Waals surface area contributed by atoms with Gasteiger partial charge in [-0.05, 0) is 44.0 Å². The molecule has 0 N–H and O–H groups in total. The second kappa shape index (κ2) is 6.55. The summed E-state index contributed by atoms with van der Waals surface area (Å²) in [5, 5.41) is 9.43. The van der Waals surface area contributed by atoms with E-state index in [1.165, 1.54) is 4.31 Å². The average molecular weight is 366 g/mol. The van der Waals surface area contributed by atoms with E-state index in [1.54, 1.807) is 24.3 Å². The van der Waals surface area contributed by atoms with Crippen molar-refractivity contribution in [2.24, 2.45) is 0 Å². The Bertz CT molecular complexity index is 884. The molecule has 0 radical (unpaired) electrons. The van der Waals surface area contributed by atoms with Crippen molar-refractivity contribution in [1.82, 2.24) is 9.29 Å². The summed E-state index contributed by atoms with van der Waals surface area (Å²) in [6, 6.07) is 8.31. The molecule has 0 spiro atoms. The largest absolute Gasteiger partial charge is 0.422 e. The molecule has 0 saturated carbocycles. The van der Waals surface area contributed by atoms with E-state index in [9.17, 15) is 13.7 Å². The monoisotopic (exact) mass is 365 g/mol. The highest BCUT2D eigenvalue weighted by molar-refractivity contribution is 7.89. The van der Waals surface area contributed by atoms with E-state index in [0.29, 0.717) is 17.1 Å². The molecule has 1 aromatic heterocycles. The lowest BCUT2D eigenvalue weighted by atomic mass is 10.1. The van der Waals surface area contributed by atoms with Crippen LogP contribution in [0.4, 0.5) is 0 Å². The van der Waals surface area contributed by atoms with Gasteiger partial charge in [-0.15, -0.1) is 0 Å². The number of rotatable bonds is 3. The molecular weight excluding hydrogens is 350 g/mol. The summed E-state index contributed by atoms with van der Waals surface area (Å²) in [7, 11) is -3.89. The third kappa shape index (κ3) is 3.05. The third-order valence-corrected chi connectivity index (χ3v) is 6.24. The Balaban J connectivity index is 2.04. The van der Waals surface area contributed by atoms with Crippen LogP contribution in [-0.4, -0.2) is 30.3 Å². The van der Waals surface area contributed by atoms with Gasteiger partial charge in [0.15, 0.2) is 5.69 Å².